The molecule has 0 saturated heterocycles. The number of nitrogens with one attached hydrogen (secondary N) is 1. The van der Waals surface area contributed by atoms with Crippen molar-refractivity contribution in [2.45, 2.75) is 12.8 Å². The number of anilines is 1. The molecule has 1 heterocycles. The number of aromatic nitrogens is 1. The largest absolute Gasteiger partial charge is 0.366 e. The van der Waals surface area contributed by atoms with Gasteiger partial charge in [-0.25, -0.2) is 13.8 Å². The van der Waals surface area contributed by atoms with Crippen molar-refractivity contribution in [3.63, 3.8) is 0 Å². The minimum Gasteiger partial charge on any atom is -0.366 e. The van der Waals surface area contributed by atoms with Crippen molar-refractivity contribution in [3.05, 3.63) is 23.4 Å². The van der Waals surface area contributed by atoms with Crippen molar-refractivity contribution in [2.24, 2.45) is 11.5 Å². The third-order valence-electron chi connectivity index (χ3n) is 2.06. The zero-order valence-electron chi connectivity index (χ0n) is 9.34. The van der Waals surface area contributed by atoms with Gasteiger partial charge < -0.3 is 16.8 Å². The van der Waals surface area contributed by atoms with Gasteiger partial charge in [-0.1, -0.05) is 0 Å². The van der Waals surface area contributed by atoms with Crippen LogP contribution in [0.4, 0.5) is 14.6 Å². The van der Waals surface area contributed by atoms with Crippen LogP contribution in [0.5, 0.6) is 0 Å². The van der Waals surface area contributed by atoms with Gasteiger partial charge in [-0.2, -0.15) is 0 Å². The Morgan fingerprint density at radius 1 is 1.53 bits per heavy atom. The lowest BCUT2D eigenvalue weighted by molar-refractivity contribution is 0.0253. The summed E-state index contributed by atoms with van der Waals surface area (Å²) >= 11 is 0. The lowest BCUT2D eigenvalue weighted by Gasteiger charge is -2.15. The molecular formula is C10H14F2N4O. The molecule has 1 amide bonds. The van der Waals surface area contributed by atoms with E-state index in [0.29, 0.717) is 5.69 Å². The number of nitrogens with two attached hydrogens (primary N) is 2. The maximum absolute atomic E-state index is 12.9. The summed E-state index contributed by atoms with van der Waals surface area (Å²) in [6, 6.07) is 2.80. The summed E-state index contributed by atoms with van der Waals surface area (Å²) in [6.45, 7) is 0.241. The summed E-state index contributed by atoms with van der Waals surface area (Å²) in [5.41, 5.74) is 10.7. The summed E-state index contributed by atoms with van der Waals surface area (Å²) in [7, 11) is 0. The monoisotopic (exact) mass is 244 g/mol. The van der Waals surface area contributed by atoms with E-state index in [1.54, 1.807) is 6.92 Å². The first-order valence-corrected chi connectivity index (χ1v) is 4.94. The number of carbonyl (C=O) groups excluding carboxylic acids is 1. The van der Waals surface area contributed by atoms with Gasteiger partial charge in [0.2, 0.25) is 5.91 Å². The standard InChI is InChI=1S/C10H14F2N4O/c1-6-2-7(9(14)17)3-8(16-6)15-5-10(11,12)4-13/h2-3H,4-5,13H2,1H3,(H2,14,17)(H,15,16). The maximum atomic E-state index is 12.9. The van der Waals surface area contributed by atoms with E-state index in [9.17, 15) is 13.6 Å². The second kappa shape index (κ2) is 5.05. The fourth-order valence-corrected chi connectivity index (χ4v) is 1.19. The van der Waals surface area contributed by atoms with E-state index < -0.39 is 24.9 Å². The number of hydrogen-bond donors (Lipinski definition) is 3. The molecule has 0 aliphatic heterocycles. The van der Waals surface area contributed by atoms with Crippen LogP contribution in [-0.2, 0) is 0 Å². The number of amides is 1. The highest BCUT2D eigenvalue weighted by Gasteiger charge is 2.26. The Morgan fingerprint density at radius 2 is 2.18 bits per heavy atom. The zero-order chi connectivity index (χ0) is 13.1. The van der Waals surface area contributed by atoms with Gasteiger partial charge in [-0.15, -0.1) is 0 Å². The molecule has 1 aromatic rings. The molecule has 0 aromatic carbocycles. The summed E-state index contributed by atoms with van der Waals surface area (Å²) < 4.78 is 25.8. The fourth-order valence-electron chi connectivity index (χ4n) is 1.19. The van der Waals surface area contributed by atoms with Crippen LogP contribution in [-0.4, -0.2) is 29.9 Å². The molecule has 1 aromatic heterocycles. The maximum Gasteiger partial charge on any atom is 0.276 e. The average Bonchev–Trinajstić information content (AvgIpc) is 2.26. The van der Waals surface area contributed by atoms with E-state index in [1.165, 1.54) is 12.1 Å². The van der Waals surface area contributed by atoms with E-state index in [-0.39, 0.29) is 11.4 Å². The molecule has 1 rings (SSSR count). The topological polar surface area (TPSA) is 94.0 Å². The molecule has 0 spiro atoms. The first-order chi connectivity index (χ1) is 7.84. The van der Waals surface area contributed by atoms with Crippen molar-refractivity contribution in [1.82, 2.24) is 4.98 Å². The number of halogens is 2. The Balaban J connectivity index is 2.81. The second-order valence-electron chi connectivity index (χ2n) is 3.66. The van der Waals surface area contributed by atoms with Crippen molar-refractivity contribution in [1.29, 1.82) is 0 Å². The van der Waals surface area contributed by atoms with Gasteiger partial charge in [0.25, 0.3) is 5.92 Å². The van der Waals surface area contributed by atoms with Crippen LogP contribution < -0.4 is 16.8 Å². The van der Waals surface area contributed by atoms with E-state index >= 15 is 0 Å². The highest BCUT2D eigenvalue weighted by Crippen LogP contribution is 2.14. The molecule has 0 unspecified atom stereocenters. The summed E-state index contributed by atoms with van der Waals surface area (Å²) in [5.74, 6) is -3.48. The molecule has 7 heteroatoms. The van der Waals surface area contributed by atoms with Gasteiger partial charge in [-0.3, -0.25) is 4.79 Å². The van der Waals surface area contributed by atoms with Crippen molar-refractivity contribution < 1.29 is 13.6 Å². The van der Waals surface area contributed by atoms with Crippen LogP contribution in [0, 0.1) is 6.92 Å². The van der Waals surface area contributed by atoms with Crippen molar-refractivity contribution in [2.75, 3.05) is 18.4 Å². The van der Waals surface area contributed by atoms with Crippen LogP contribution in [0.1, 0.15) is 16.1 Å². The molecule has 94 valence electrons. The molecule has 0 bridgehead atoms. The minimum absolute atomic E-state index is 0.173. The van der Waals surface area contributed by atoms with Gasteiger partial charge >= 0.3 is 0 Å². The molecule has 0 saturated carbocycles. The Labute approximate surface area is 97.2 Å². The first kappa shape index (κ1) is 13.3. The first-order valence-electron chi connectivity index (χ1n) is 4.94. The van der Waals surface area contributed by atoms with E-state index in [1.807, 2.05) is 0 Å². The normalized spacial score (nSPS) is 11.3. The molecule has 0 aliphatic carbocycles. The lowest BCUT2D eigenvalue weighted by atomic mass is 10.2. The number of primary amides is 1. The van der Waals surface area contributed by atoms with Gasteiger partial charge in [0.1, 0.15) is 5.82 Å². The van der Waals surface area contributed by atoms with Crippen LogP contribution in [0.15, 0.2) is 12.1 Å². The molecule has 17 heavy (non-hydrogen) atoms. The summed E-state index contributed by atoms with van der Waals surface area (Å²) in [6.07, 6.45) is 0. The number of rotatable bonds is 5. The van der Waals surface area contributed by atoms with E-state index in [2.05, 4.69) is 10.3 Å². The third-order valence-corrected chi connectivity index (χ3v) is 2.06. The highest BCUT2D eigenvalue weighted by molar-refractivity contribution is 5.93. The Hall–Kier alpha value is -1.76. The molecule has 5 N–H and O–H groups in total. The SMILES string of the molecule is Cc1cc(C(N)=O)cc(NCC(F)(F)CN)n1. The smallest absolute Gasteiger partial charge is 0.276 e. The average molecular weight is 244 g/mol. The van der Waals surface area contributed by atoms with Gasteiger partial charge in [-0.05, 0) is 19.1 Å². The van der Waals surface area contributed by atoms with E-state index in [4.69, 9.17) is 11.5 Å². The number of pyridine rings is 1. The number of hydrogen-bond acceptors (Lipinski definition) is 4. The Morgan fingerprint density at radius 3 is 2.71 bits per heavy atom. The number of carbonyl (C=O) groups is 1. The predicted molar refractivity (Wildman–Crippen MR) is 60.0 cm³/mol. The van der Waals surface area contributed by atoms with Crippen molar-refractivity contribution in [3.8, 4) is 0 Å². The predicted octanol–water partition coefficient (Wildman–Crippen LogP) is 0.495. The molecule has 0 fully saturated rings. The number of alkyl halides is 2. The third kappa shape index (κ3) is 3.95. The fraction of sp³-hybridized carbons (Fsp3) is 0.400. The Bertz CT molecular complexity index is 423. The van der Waals surface area contributed by atoms with Crippen LogP contribution in [0.25, 0.3) is 0 Å². The van der Waals surface area contributed by atoms with Crippen LogP contribution in [0.3, 0.4) is 0 Å². The molecule has 5 nitrogen and oxygen atoms in total. The number of aryl methyl sites for hydroxylation is 1. The van der Waals surface area contributed by atoms with Crippen LogP contribution in [0.2, 0.25) is 0 Å². The minimum atomic E-state index is -3.02. The van der Waals surface area contributed by atoms with Gasteiger partial charge in [0.15, 0.2) is 0 Å². The molecular weight excluding hydrogens is 230 g/mol. The van der Waals surface area contributed by atoms with Crippen molar-refractivity contribution >= 4 is 11.7 Å². The highest BCUT2D eigenvalue weighted by atomic mass is 19.3. The van der Waals surface area contributed by atoms with Gasteiger partial charge in [0.05, 0.1) is 13.1 Å². The molecule has 0 aliphatic rings. The Kier molecular flexibility index (Phi) is 3.95. The lowest BCUT2D eigenvalue weighted by Crippen LogP contribution is -2.35. The number of nitrogens with zero attached hydrogens (tertiary/aromatic N) is 1. The second-order valence-corrected chi connectivity index (χ2v) is 3.66. The van der Waals surface area contributed by atoms with E-state index in [0.717, 1.165) is 0 Å². The van der Waals surface area contributed by atoms with Gasteiger partial charge in [0, 0.05) is 11.3 Å². The summed E-state index contributed by atoms with van der Waals surface area (Å²) in [5, 5.41) is 2.42. The molecule has 0 radical (unpaired) electrons. The van der Waals surface area contributed by atoms with Crippen LogP contribution >= 0.6 is 0 Å². The molecule has 0 atom stereocenters. The summed E-state index contributed by atoms with van der Waals surface area (Å²) in [4.78, 5) is 14.9. The quantitative estimate of drug-likeness (QED) is 0.702. The zero-order valence-corrected chi connectivity index (χ0v) is 9.34.